The van der Waals surface area contributed by atoms with Gasteiger partial charge < -0.3 is 19.8 Å². The molecular weight excluding hydrogens is 446 g/mol. The maximum absolute atomic E-state index is 13.3. The first-order valence-electron chi connectivity index (χ1n) is 10.9. The molecule has 8 nitrogen and oxygen atoms in total. The summed E-state index contributed by atoms with van der Waals surface area (Å²) in [5.41, 5.74) is 0.0436. The predicted octanol–water partition coefficient (Wildman–Crippen LogP) is 2.51. The van der Waals surface area contributed by atoms with E-state index >= 15 is 0 Å². The molecule has 2 N–H and O–H groups in total. The fraction of sp³-hybridized carbons (Fsp3) is 0.375. The van der Waals surface area contributed by atoms with Crippen LogP contribution in [0.4, 0.5) is 8.78 Å². The first kappa shape index (κ1) is 23.6. The minimum absolute atomic E-state index is 0.135. The fourth-order valence-corrected chi connectivity index (χ4v) is 4.21. The number of rotatable bonds is 7. The highest BCUT2D eigenvalue weighted by atomic mass is 19.3. The lowest BCUT2D eigenvalue weighted by molar-refractivity contribution is -0.133. The number of nitrogens with one attached hydrogen (secondary N) is 2. The summed E-state index contributed by atoms with van der Waals surface area (Å²) in [5.74, 6) is -1.31. The normalized spacial score (nSPS) is 18.2. The van der Waals surface area contributed by atoms with E-state index in [1.165, 1.54) is 12.1 Å². The van der Waals surface area contributed by atoms with Gasteiger partial charge in [0.1, 0.15) is 11.6 Å². The number of hydrogen-bond donors (Lipinski definition) is 2. The molecule has 3 aromatic rings. The Balaban J connectivity index is 1.85. The summed E-state index contributed by atoms with van der Waals surface area (Å²) in [4.78, 5) is 25.5. The monoisotopic (exact) mass is 470 g/mol. The van der Waals surface area contributed by atoms with Gasteiger partial charge in [-0.05, 0) is 36.2 Å². The highest BCUT2D eigenvalue weighted by Gasteiger charge is 2.38. The molecule has 1 saturated heterocycles. The van der Waals surface area contributed by atoms with Crippen molar-refractivity contribution in [3.05, 3.63) is 70.2 Å². The third kappa shape index (κ3) is 4.71. The van der Waals surface area contributed by atoms with Crippen LogP contribution in [0.3, 0.4) is 0 Å². The number of amides is 1. The van der Waals surface area contributed by atoms with Crippen molar-refractivity contribution in [1.82, 2.24) is 15.2 Å². The molecule has 178 valence electrons. The van der Waals surface area contributed by atoms with E-state index in [1.54, 1.807) is 36.4 Å². The molecule has 1 aliphatic rings. The molecule has 2 aromatic carbocycles. The Hall–Kier alpha value is -3.55. The highest BCUT2D eigenvalue weighted by molar-refractivity contribution is 5.83. The summed E-state index contributed by atoms with van der Waals surface area (Å²) < 4.78 is 37.9. The molecule has 1 aliphatic heterocycles. The van der Waals surface area contributed by atoms with Crippen molar-refractivity contribution in [2.45, 2.75) is 37.5 Å². The maximum atomic E-state index is 13.3. The Morgan fingerprint density at radius 3 is 2.79 bits per heavy atom. The van der Waals surface area contributed by atoms with E-state index < -0.39 is 36.3 Å². The molecule has 1 fully saturated rings. The lowest BCUT2D eigenvalue weighted by Gasteiger charge is -2.35. The van der Waals surface area contributed by atoms with Gasteiger partial charge in [0, 0.05) is 13.2 Å². The quantitative estimate of drug-likeness (QED) is 0.549. The molecule has 4 rings (SSSR count). The molecule has 1 amide bonds. The first-order chi connectivity index (χ1) is 16.4. The topological polar surface area (TPSA) is 109 Å². The minimum Gasteiger partial charge on any atom is -0.408 e. The third-order valence-electron chi connectivity index (χ3n) is 5.87. The zero-order valence-electron chi connectivity index (χ0n) is 18.3. The molecule has 0 aliphatic carbocycles. The van der Waals surface area contributed by atoms with Crippen LogP contribution in [0.2, 0.25) is 0 Å². The molecule has 2 atom stereocenters. The van der Waals surface area contributed by atoms with E-state index in [0.717, 1.165) is 17.5 Å². The number of carbonyl (C=O) groups is 1. The van der Waals surface area contributed by atoms with E-state index in [0.29, 0.717) is 24.3 Å². The van der Waals surface area contributed by atoms with Crippen LogP contribution in [0, 0.1) is 11.3 Å². The summed E-state index contributed by atoms with van der Waals surface area (Å²) in [6, 6.07) is 15.7. The lowest BCUT2D eigenvalue weighted by atomic mass is 9.80. The van der Waals surface area contributed by atoms with E-state index in [2.05, 4.69) is 16.7 Å². The van der Waals surface area contributed by atoms with Crippen molar-refractivity contribution in [2.75, 3.05) is 19.7 Å². The van der Waals surface area contributed by atoms with Crippen LogP contribution in [0.5, 0.6) is 0 Å². The van der Waals surface area contributed by atoms with Gasteiger partial charge in [-0.15, -0.1) is 0 Å². The number of aromatic nitrogens is 1. The number of nitriles is 1. The van der Waals surface area contributed by atoms with E-state index in [9.17, 15) is 23.6 Å². The van der Waals surface area contributed by atoms with Crippen LogP contribution in [-0.4, -0.2) is 42.7 Å². The van der Waals surface area contributed by atoms with Crippen LogP contribution in [0.15, 0.2) is 57.7 Å². The Kier molecular flexibility index (Phi) is 7.05. The van der Waals surface area contributed by atoms with Crippen molar-refractivity contribution in [1.29, 1.82) is 5.26 Å². The van der Waals surface area contributed by atoms with Gasteiger partial charge in [0.15, 0.2) is 5.58 Å². The van der Waals surface area contributed by atoms with E-state index in [4.69, 9.17) is 9.15 Å². The van der Waals surface area contributed by atoms with Crippen LogP contribution in [-0.2, 0) is 21.6 Å². The molecule has 1 unspecified atom stereocenters. The Labute approximate surface area is 194 Å². The van der Waals surface area contributed by atoms with Crippen LogP contribution in [0.25, 0.3) is 11.1 Å². The second kappa shape index (κ2) is 10.2. The number of halogens is 2. The standard InChI is InChI=1S/C24H24F2N4O4/c25-21(26)15-30-18-13-17(7-8-19(18)34-23(30)32)24(9-10-27,16-5-2-1-3-6-16)29-22(31)20-14-28-11-4-12-33-20/h1-3,5-8,13,20-21,28H,4,9,11-12,14-15H2,(H,29,31)/t20-,24?/m0/s1. The average molecular weight is 470 g/mol. The van der Waals surface area contributed by atoms with Gasteiger partial charge in [0.25, 0.3) is 12.3 Å². The van der Waals surface area contributed by atoms with Gasteiger partial charge in [-0.2, -0.15) is 5.26 Å². The molecule has 34 heavy (non-hydrogen) atoms. The van der Waals surface area contributed by atoms with Gasteiger partial charge >= 0.3 is 5.76 Å². The van der Waals surface area contributed by atoms with E-state index in [1.807, 2.05) is 0 Å². The molecule has 0 saturated carbocycles. The summed E-state index contributed by atoms with van der Waals surface area (Å²) in [6.07, 6.45) is -2.91. The maximum Gasteiger partial charge on any atom is 0.420 e. The van der Waals surface area contributed by atoms with Gasteiger partial charge in [0.2, 0.25) is 0 Å². The number of hydrogen-bond acceptors (Lipinski definition) is 6. The second-order valence-corrected chi connectivity index (χ2v) is 8.06. The summed E-state index contributed by atoms with van der Waals surface area (Å²) in [7, 11) is 0. The summed E-state index contributed by atoms with van der Waals surface area (Å²) in [6.45, 7) is 0.630. The number of alkyl halides is 2. The molecule has 0 bridgehead atoms. The van der Waals surface area contributed by atoms with Crippen LogP contribution < -0.4 is 16.4 Å². The number of ether oxygens (including phenoxy) is 1. The summed E-state index contributed by atoms with van der Waals surface area (Å²) >= 11 is 0. The molecule has 10 heteroatoms. The lowest BCUT2D eigenvalue weighted by Crippen LogP contribution is -2.52. The Morgan fingerprint density at radius 1 is 1.26 bits per heavy atom. The summed E-state index contributed by atoms with van der Waals surface area (Å²) in [5, 5.41) is 15.9. The number of benzene rings is 2. The van der Waals surface area contributed by atoms with Gasteiger partial charge in [0.05, 0.1) is 24.6 Å². The van der Waals surface area contributed by atoms with Crippen molar-refractivity contribution in [3.8, 4) is 6.07 Å². The molecule has 2 heterocycles. The average Bonchev–Trinajstić information content (AvgIpc) is 2.99. The molecule has 0 spiro atoms. The fourth-order valence-electron chi connectivity index (χ4n) is 4.21. The van der Waals surface area contributed by atoms with Crippen molar-refractivity contribution < 1.29 is 22.7 Å². The first-order valence-corrected chi connectivity index (χ1v) is 10.9. The number of fused-ring (bicyclic) bond motifs is 1. The van der Waals surface area contributed by atoms with Crippen molar-refractivity contribution >= 4 is 17.0 Å². The Bertz CT molecular complexity index is 1240. The number of carbonyl (C=O) groups excluding carboxylic acids is 1. The third-order valence-corrected chi connectivity index (χ3v) is 5.87. The van der Waals surface area contributed by atoms with Gasteiger partial charge in [-0.3, -0.25) is 9.36 Å². The van der Waals surface area contributed by atoms with Crippen LogP contribution in [0.1, 0.15) is 24.0 Å². The van der Waals surface area contributed by atoms with Gasteiger partial charge in [-0.25, -0.2) is 13.6 Å². The van der Waals surface area contributed by atoms with Crippen molar-refractivity contribution in [2.24, 2.45) is 0 Å². The number of oxazole rings is 1. The smallest absolute Gasteiger partial charge is 0.408 e. The molecule has 1 aromatic heterocycles. The van der Waals surface area contributed by atoms with Gasteiger partial charge in [-0.1, -0.05) is 36.4 Å². The largest absolute Gasteiger partial charge is 0.420 e. The second-order valence-electron chi connectivity index (χ2n) is 8.06. The number of nitrogens with zero attached hydrogens (tertiary/aromatic N) is 2. The predicted molar refractivity (Wildman–Crippen MR) is 119 cm³/mol. The van der Waals surface area contributed by atoms with Crippen molar-refractivity contribution in [3.63, 3.8) is 0 Å². The zero-order valence-corrected chi connectivity index (χ0v) is 18.3. The minimum atomic E-state index is -2.76. The molecule has 0 radical (unpaired) electrons. The van der Waals surface area contributed by atoms with E-state index in [-0.39, 0.29) is 17.5 Å². The SMILES string of the molecule is N#CCC(NC(=O)[C@@H]1CNCCCO1)(c1ccccc1)c1ccc2oc(=O)n(CC(F)F)c2c1. The highest BCUT2D eigenvalue weighted by Crippen LogP contribution is 2.35. The van der Waals surface area contributed by atoms with Crippen LogP contribution >= 0.6 is 0 Å². The molecular formula is C24H24F2N4O4. The Morgan fingerprint density at radius 2 is 2.06 bits per heavy atom. The zero-order chi connectivity index (χ0) is 24.1.